The molecular formula is C19H14F2N4O4S. The van der Waals surface area contributed by atoms with E-state index in [1.165, 1.54) is 24.4 Å². The van der Waals surface area contributed by atoms with Gasteiger partial charge in [0.25, 0.3) is 10.0 Å². The van der Waals surface area contributed by atoms with Gasteiger partial charge in [0.1, 0.15) is 17.4 Å². The number of carbonyl (C=O) groups is 1. The largest absolute Gasteiger partial charge is 0.454 e. The third-order valence-corrected chi connectivity index (χ3v) is 5.60. The fourth-order valence-corrected chi connectivity index (χ4v) is 3.81. The summed E-state index contributed by atoms with van der Waals surface area (Å²) in [4.78, 5) is 15.3. The molecule has 30 heavy (non-hydrogen) atoms. The molecule has 0 radical (unpaired) electrons. The predicted octanol–water partition coefficient (Wildman–Crippen LogP) is 3.59. The van der Waals surface area contributed by atoms with Crippen LogP contribution in [0.25, 0.3) is 0 Å². The molecule has 1 aliphatic rings. The summed E-state index contributed by atoms with van der Waals surface area (Å²) in [6, 6.07) is 8.89. The van der Waals surface area contributed by atoms with Gasteiger partial charge in [0, 0.05) is 12.3 Å². The summed E-state index contributed by atoms with van der Waals surface area (Å²) < 4.78 is 60.1. The van der Waals surface area contributed by atoms with Gasteiger partial charge < -0.3 is 10.1 Å². The Kier molecular flexibility index (Phi) is 4.96. The molecule has 0 fully saturated rings. The van der Waals surface area contributed by atoms with E-state index in [4.69, 9.17) is 4.74 Å². The van der Waals surface area contributed by atoms with E-state index in [2.05, 4.69) is 20.3 Å². The van der Waals surface area contributed by atoms with E-state index in [1.807, 2.05) is 0 Å². The minimum Gasteiger partial charge on any atom is -0.454 e. The van der Waals surface area contributed by atoms with Crippen LogP contribution in [0.3, 0.4) is 0 Å². The first kappa shape index (κ1) is 19.6. The van der Waals surface area contributed by atoms with Crippen molar-refractivity contribution in [2.45, 2.75) is 11.4 Å². The van der Waals surface area contributed by atoms with E-state index in [1.54, 1.807) is 0 Å². The number of fused-ring (bicyclic) bond motifs is 1. The number of carbonyl (C=O) groups excluding carboxylic acids is 1. The fraction of sp³-hybridized carbons (Fsp3) is 0.0526. The number of nitrogens with one attached hydrogen (secondary N) is 3. The second-order valence-electron chi connectivity index (χ2n) is 6.25. The molecule has 0 bridgehead atoms. The molecule has 1 aromatic heterocycles. The molecule has 154 valence electrons. The Hall–Kier alpha value is -3.73. The van der Waals surface area contributed by atoms with E-state index in [-0.39, 0.29) is 28.6 Å². The quantitative estimate of drug-likeness (QED) is 0.571. The predicted molar refractivity (Wildman–Crippen MR) is 104 cm³/mol. The Morgan fingerprint density at radius 3 is 2.53 bits per heavy atom. The van der Waals surface area contributed by atoms with Crippen molar-refractivity contribution in [1.82, 2.24) is 10.3 Å². The third kappa shape index (κ3) is 4.01. The first-order valence-electron chi connectivity index (χ1n) is 8.60. The highest BCUT2D eigenvalue weighted by atomic mass is 32.2. The average Bonchev–Trinajstić information content (AvgIpc) is 2.70. The molecule has 8 nitrogen and oxygen atoms in total. The van der Waals surface area contributed by atoms with Gasteiger partial charge in [-0.15, -0.1) is 0 Å². The van der Waals surface area contributed by atoms with E-state index in [9.17, 15) is 22.0 Å². The third-order valence-electron chi connectivity index (χ3n) is 4.20. The van der Waals surface area contributed by atoms with Crippen LogP contribution in [-0.4, -0.2) is 19.4 Å². The minimum atomic E-state index is -4.02. The molecule has 0 aliphatic carbocycles. The number of halogens is 2. The van der Waals surface area contributed by atoms with Crippen LogP contribution in [0.15, 0.2) is 59.6 Å². The van der Waals surface area contributed by atoms with Gasteiger partial charge in [0.2, 0.25) is 0 Å². The lowest BCUT2D eigenvalue weighted by Crippen LogP contribution is -2.34. The van der Waals surface area contributed by atoms with Crippen molar-refractivity contribution in [2.75, 3.05) is 10.0 Å². The summed E-state index contributed by atoms with van der Waals surface area (Å²) in [5, 5.41) is 5.09. The second-order valence-corrected chi connectivity index (χ2v) is 7.93. The summed E-state index contributed by atoms with van der Waals surface area (Å²) in [5.74, 6) is -0.946. The molecule has 0 saturated heterocycles. The molecule has 1 aliphatic heterocycles. The highest BCUT2D eigenvalue weighted by Crippen LogP contribution is 2.33. The fourth-order valence-electron chi connectivity index (χ4n) is 2.76. The number of amides is 2. The monoisotopic (exact) mass is 432 g/mol. The van der Waals surface area contributed by atoms with Crippen LogP contribution >= 0.6 is 0 Å². The van der Waals surface area contributed by atoms with Gasteiger partial charge in [-0.1, -0.05) is 0 Å². The lowest BCUT2D eigenvalue weighted by molar-refractivity contribution is 0.250. The lowest BCUT2D eigenvalue weighted by atomic mass is 10.2. The SMILES string of the molecule is O=C1NCc2c(Oc3ccc(NS(=O)(=O)c4ccc(F)cc4)cc3F)ccnc2N1. The number of urea groups is 1. The molecule has 3 N–H and O–H groups in total. The van der Waals surface area contributed by atoms with Crippen LogP contribution in [-0.2, 0) is 16.6 Å². The highest BCUT2D eigenvalue weighted by molar-refractivity contribution is 7.92. The number of benzene rings is 2. The van der Waals surface area contributed by atoms with Crippen molar-refractivity contribution in [3.05, 3.63) is 71.9 Å². The average molecular weight is 432 g/mol. The normalized spacial score (nSPS) is 13.1. The Balaban J connectivity index is 1.55. The van der Waals surface area contributed by atoms with E-state index in [0.29, 0.717) is 11.4 Å². The summed E-state index contributed by atoms with van der Waals surface area (Å²) in [6.07, 6.45) is 1.41. The van der Waals surface area contributed by atoms with Crippen LogP contribution < -0.4 is 20.1 Å². The smallest absolute Gasteiger partial charge is 0.320 e. The maximum atomic E-state index is 14.6. The Morgan fingerprint density at radius 1 is 1.03 bits per heavy atom. The zero-order valence-electron chi connectivity index (χ0n) is 15.1. The number of nitrogens with zero attached hydrogens (tertiary/aromatic N) is 1. The number of sulfonamides is 1. The van der Waals surface area contributed by atoms with Gasteiger partial charge in [-0.05, 0) is 42.5 Å². The summed E-state index contributed by atoms with van der Waals surface area (Å²) in [6.45, 7) is 0.154. The maximum absolute atomic E-state index is 14.6. The zero-order valence-corrected chi connectivity index (χ0v) is 16.0. The molecule has 0 saturated carbocycles. The molecule has 0 unspecified atom stereocenters. The maximum Gasteiger partial charge on any atom is 0.320 e. The van der Waals surface area contributed by atoms with Crippen LogP contribution in [0.4, 0.5) is 25.1 Å². The molecule has 0 spiro atoms. The topological polar surface area (TPSA) is 109 Å². The number of aromatic nitrogens is 1. The van der Waals surface area contributed by atoms with Gasteiger partial charge in [-0.2, -0.15) is 0 Å². The van der Waals surface area contributed by atoms with E-state index in [0.717, 1.165) is 30.3 Å². The number of rotatable bonds is 5. The molecule has 2 aromatic carbocycles. The summed E-state index contributed by atoms with van der Waals surface area (Å²) >= 11 is 0. The Bertz CT molecular complexity index is 1230. The van der Waals surface area contributed by atoms with E-state index < -0.39 is 27.7 Å². The van der Waals surface area contributed by atoms with Crippen molar-refractivity contribution in [2.24, 2.45) is 0 Å². The second kappa shape index (κ2) is 7.59. The van der Waals surface area contributed by atoms with Crippen LogP contribution in [0.1, 0.15) is 5.56 Å². The Labute approximate surface area is 170 Å². The van der Waals surface area contributed by atoms with Crippen LogP contribution in [0, 0.1) is 11.6 Å². The molecule has 2 amide bonds. The van der Waals surface area contributed by atoms with Crippen LogP contribution in [0.2, 0.25) is 0 Å². The highest BCUT2D eigenvalue weighted by Gasteiger charge is 2.21. The van der Waals surface area contributed by atoms with Gasteiger partial charge >= 0.3 is 6.03 Å². The van der Waals surface area contributed by atoms with Gasteiger partial charge in [-0.3, -0.25) is 10.0 Å². The van der Waals surface area contributed by atoms with Crippen molar-refractivity contribution >= 4 is 27.6 Å². The molecule has 0 atom stereocenters. The van der Waals surface area contributed by atoms with Gasteiger partial charge in [-0.25, -0.2) is 27.0 Å². The number of ether oxygens (including phenoxy) is 1. The first-order chi connectivity index (χ1) is 14.3. The molecule has 11 heteroatoms. The van der Waals surface area contributed by atoms with Crippen molar-refractivity contribution in [1.29, 1.82) is 0 Å². The number of anilines is 2. The summed E-state index contributed by atoms with van der Waals surface area (Å²) in [5.41, 5.74) is 0.507. The van der Waals surface area contributed by atoms with Gasteiger partial charge in [0.05, 0.1) is 22.7 Å². The standard InChI is InChI=1S/C19H14F2N4O4S/c20-11-1-4-13(5-2-11)30(27,28)25-12-3-6-17(15(21)9-12)29-16-7-8-22-18-14(16)10-23-19(26)24-18/h1-9,25H,10H2,(H2,22,23,24,26). The number of hydrogen-bond acceptors (Lipinski definition) is 5. The molecule has 4 rings (SSSR count). The van der Waals surface area contributed by atoms with Crippen molar-refractivity contribution < 1.29 is 26.7 Å². The lowest BCUT2D eigenvalue weighted by Gasteiger charge is -2.20. The zero-order chi connectivity index (χ0) is 21.3. The number of hydrogen-bond donors (Lipinski definition) is 3. The summed E-state index contributed by atoms with van der Waals surface area (Å²) in [7, 11) is -4.02. The molecule has 3 aromatic rings. The molecule has 2 heterocycles. The van der Waals surface area contributed by atoms with Crippen molar-refractivity contribution in [3.63, 3.8) is 0 Å². The Morgan fingerprint density at radius 2 is 1.80 bits per heavy atom. The number of pyridine rings is 1. The van der Waals surface area contributed by atoms with Crippen molar-refractivity contribution in [3.8, 4) is 11.5 Å². The van der Waals surface area contributed by atoms with E-state index >= 15 is 0 Å². The van der Waals surface area contributed by atoms with Crippen LogP contribution in [0.5, 0.6) is 11.5 Å². The van der Waals surface area contributed by atoms with Gasteiger partial charge in [0.15, 0.2) is 11.6 Å². The first-order valence-corrected chi connectivity index (χ1v) is 10.1. The minimum absolute atomic E-state index is 0.0325. The molecular weight excluding hydrogens is 418 g/mol.